The van der Waals surface area contributed by atoms with Crippen LogP contribution in [0, 0.1) is 0 Å². The molecule has 0 aliphatic rings. The van der Waals surface area contributed by atoms with Crippen molar-refractivity contribution in [3.8, 4) is 5.75 Å². The van der Waals surface area contributed by atoms with Crippen LogP contribution in [-0.4, -0.2) is 49.6 Å². The number of hydrogen-bond acceptors (Lipinski definition) is 6. The van der Waals surface area contributed by atoms with E-state index in [1.54, 1.807) is 22.3 Å². The van der Waals surface area contributed by atoms with E-state index in [0.717, 1.165) is 33.8 Å². The van der Waals surface area contributed by atoms with Gasteiger partial charge in [-0.3, -0.25) is 9.69 Å². The Labute approximate surface area is 186 Å². The van der Waals surface area contributed by atoms with Gasteiger partial charge in [0.05, 0.1) is 11.3 Å². The van der Waals surface area contributed by atoms with Crippen molar-refractivity contribution in [2.24, 2.45) is 0 Å². The van der Waals surface area contributed by atoms with Crippen molar-refractivity contribution in [1.29, 1.82) is 0 Å². The lowest BCUT2D eigenvalue weighted by molar-refractivity contribution is -0.114. The third-order valence-electron chi connectivity index (χ3n) is 4.09. The van der Waals surface area contributed by atoms with Crippen molar-refractivity contribution in [2.45, 2.75) is 13.3 Å². The first-order valence-corrected chi connectivity index (χ1v) is 11.0. The average molecular weight is 452 g/mol. The molecular formula is C21H26ClN3O2S2. The van der Waals surface area contributed by atoms with Gasteiger partial charge in [0.1, 0.15) is 11.3 Å². The summed E-state index contributed by atoms with van der Waals surface area (Å²) in [5.74, 6) is 0.710. The number of para-hydroxylation sites is 1. The number of thiophene rings is 1. The zero-order valence-electron chi connectivity index (χ0n) is 16.8. The second-order valence-corrected chi connectivity index (χ2v) is 8.52. The Bertz CT molecular complexity index is 939. The number of benzene rings is 1. The summed E-state index contributed by atoms with van der Waals surface area (Å²) in [7, 11) is 4.07. The molecule has 0 unspecified atom stereocenters. The fraction of sp³-hybridized carbons (Fsp3) is 0.333. The van der Waals surface area contributed by atoms with Gasteiger partial charge < -0.3 is 9.64 Å². The summed E-state index contributed by atoms with van der Waals surface area (Å²) >= 11 is 3.14. The van der Waals surface area contributed by atoms with E-state index in [2.05, 4.69) is 4.90 Å². The molecule has 8 heteroatoms. The summed E-state index contributed by atoms with van der Waals surface area (Å²) in [6, 6.07) is 9.88. The summed E-state index contributed by atoms with van der Waals surface area (Å²) in [6.07, 6.45) is 4.38. The van der Waals surface area contributed by atoms with Gasteiger partial charge in [-0.2, -0.15) is 0 Å². The van der Waals surface area contributed by atoms with Crippen LogP contribution in [0.2, 0.25) is 0 Å². The van der Waals surface area contributed by atoms with Crippen LogP contribution < -0.4 is 9.64 Å². The summed E-state index contributed by atoms with van der Waals surface area (Å²) in [5.41, 5.74) is 0.817. The van der Waals surface area contributed by atoms with E-state index < -0.39 is 0 Å². The molecule has 156 valence electrons. The minimum atomic E-state index is -0.0517. The average Bonchev–Trinajstić information content (AvgIpc) is 3.33. The number of carbonyl (C=O) groups excluding carboxylic acids is 1. The third-order valence-corrected chi connectivity index (χ3v) is 5.97. The van der Waals surface area contributed by atoms with Crippen LogP contribution in [-0.2, 0) is 4.79 Å². The number of hydrogen-bond donors (Lipinski definition) is 0. The van der Waals surface area contributed by atoms with Gasteiger partial charge in [0.15, 0.2) is 5.13 Å². The minimum absolute atomic E-state index is 0. The second-order valence-electron chi connectivity index (χ2n) is 6.53. The molecule has 0 bridgehead atoms. The molecule has 0 aliphatic heterocycles. The molecule has 29 heavy (non-hydrogen) atoms. The Hall–Kier alpha value is -1.93. The number of nitrogens with zero attached hydrogens (tertiary/aromatic N) is 3. The SMILES string of the molecule is CCOc1cccc2sc(N(CCCN(C)C)C(=O)C=Cc3cccs3)nc12.Cl. The predicted molar refractivity (Wildman–Crippen MR) is 127 cm³/mol. The largest absolute Gasteiger partial charge is 0.492 e. The first kappa shape index (κ1) is 23.3. The molecule has 0 spiro atoms. The van der Waals surface area contributed by atoms with Gasteiger partial charge >= 0.3 is 0 Å². The van der Waals surface area contributed by atoms with Crippen molar-refractivity contribution in [3.63, 3.8) is 0 Å². The Morgan fingerprint density at radius 3 is 2.72 bits per heavy atom. The molecule has 0 aliphatic carbocycles. The van der Waals surface area contributed by atoms with E-state index in [4.69, 9.17) is 9.72 Å². The highest BCUT2D eigenvalue weighted by atomic mass is 35.5. The number of halogens is 1. The molecule has 0 fully saturated rings. The molecule has 3 rings (SSSR count). The number of aromatic nitrogens is 1. The maximum Gasteiger partial charge on any atom is 0.252 e. The Morgan fingerprint density at radius 1 is 1.21 bits per heavy atom. The molecule has 0 saturated carbocycles. The van der Waals surface area contributed by atoms with E-state index in [9.17, 15) is 4.79 Å². The highest BCUT2D eigenvalue weighted by Gasteiger charge is 2.19. The number of thiazole rings is 1. The van der Waals surface area contributed by atoms with Crippen molar-refractivity contribution < 1.29 is 9.53 Å². The van der Waals surface area contributed by atoms with Crippen LogP contribution in [0.15, 0.2) is 41.8 Å². The highest BCUT2D eigenvalue weighted by Crippen LogP contribution is 2.34. The van der Waals surface area contributed by atoms with Gasteiger partial charge in [-0.15, -0.1) is 23.7 Å². The molecular weight excluding hydrogens is 426 g/mol. The van der Waals surface area contributed by atoms with Crippen LogP contribution in [0.25, 0.3) is 16.3 Å². The lowest BCUT2D eigenvalue weighted by Gasteiger charge is -2.19. The summed E-state index contributed by atoms with van der Waals surface area (Å²) in [6.45, 7) is 4.07. The van der Waals surface area contributed by atoms with Gasteiger partial charge in [-0.05, 0) is 63.6 Å². The smallest absolute Gasteiger partial charge is 0.252 e. The summed E-state index contributed by atoms with van der Waals surface area (Å²) < 4.78 is 6.73. The molecule has 2 aromatic heterocycles. The topological polar surface area (TPSA) is 45.7 Å². The van der Waals surface area contributed by atoms with Gasteiger partial charge in [-0.25, -0.2) is 4.98 Å². The quantitative estimate of drug-likeness (QED) is 0.420. The second kappa shape index (κ2) is 11.3. The first-order valence-electron chi connectivity index (χ1n) is 9.28. The van der Waals surface area contributed by atoms with Crippen molar-refractivity contribution >= 4 is 62.4 Å². The van der Waals surface area contributed by atoms with Crippen molar-refractivity contribution in [2.75, 3.05) is 38.7 Å². The van der Waals surface area contributed by atoms with Crippen LogP contribution in [0.4, 0.5) is 5.13 Å². The van der Waals surface area contributed by atoms with Gasteiger partial charge in [0.25, 0.3) is 5.91 Å². The maximum atomic E-state index is 13.0. The van der Waals surface area contributed by atoms with Gasteiger partial charge in [0, 0.05) is 17.5 Å². The van der Waals surface area contributed by atoms with Gasteiger partial charge in [-0.1, -0.05) is 23.5 Å². The highest BCUT2D eigenvalue weighted by molar-refractivity contribution is 7.22. The fourth-order valence-electron chi connectivity index (χ4n) is 2.77. The number of fused-ring (bicyclic) bond motifs is 1. The van der Waals surface area contributed by atoms with E-state index in [-0.39, 0.29) is 18.3 Å². The summed E-state index contributed by atoms with van der Waals surface area (Å²) in [5, 5.41) is 2.71. The first-order chi connectivity index (χ1) is 13.6. The zero-order chi connectivity index (χ0) is 19.9. The normalized spacial score (nSPS) is 11.2. The molecule has 2 heterocycles. The molecule has 0 saturated heterocycles. The number of anilines is 1. The number of ether oxygens (including phenoxy) is 1. The molecule has 1 amide bonds. The lowest BCUT2D eigenvalue weighted by atomic mass is 10.3. The van der Waals surface area contributed by atoms with E-state index in [0.29, 0.717) is 18.3 Å². The van der Waals surface area contributed by atoms with E-state index in [1.165, 1.54) is 11.3 Å². The number of carbonyl (C=O) groups is 1. The van der Waals surface area contributed by atoms with Crippen LogP contribution in [0.1, 0.15) is 18.2 Å². The standard InChI is InChI=1S/C21H25N3O2S2.ClH/c1-4-26-17-9-5-10-18-20(17)22-21(28-18)24(14-7-13-23(2)3)19(25)12-11-16-8-6-15-27-16;/h5-6,8-12,15H,4,7,13-14H2,1-3H3;1H. The van der Waals surface area contributed by atoms with E-state index >= 15 is 0 Å². The number of rotatable bonds is 9. The van der Waals surface area contributed by atoms with Crippen LogP contribution in [0.3, 0.4) is 0 Å². The molecule has 0 radical (unpaired) electrons. The fourth-order valence-corrected chi connectivity index (χ4v) is 4.41. The molecule has 5 nitrogen and oxygen atoms in total. The maximum absolute atomic E-state index is 13.0. The molecule has 3 aromatic rings. The molecule has 0 N–H and O–H groups in total. The molecule has 0 atom stereocenters. The summed E-state index contributed by atoms with van der Waals surface area (Å²) in [4.78, 5) is 22.7. The third kappa shape index (κ3) is 6.27. The Morgan fingerprint density at radius 2 is 2.03 bits per heavy atom. The Kier molecular flexibility index (Phi) is 9.10. The van der Waals surface area contributed by atoms with Crippen molar-refractivity contribution in [3.05, 3.63) is 46.7 Å². The van der Waals surface area contributed by atoms with Crippen LogP contribution in [0.5, 0.6) is 5.75 Å². The monoisotopic (exact) mass is 451 g/mol. The lowest BCUT2D eigenvalue weighted by Crippen LogP contribution is -2.32. The number of amides is 1. The van der Waals surface area contributed by atoms with E-state index in [1.807, 2.05) is 62.8 Å². The van der Waals surface area contributed by atoms with Crippen molar-refractivity contribution in [1.82, 2.24) is 9.88 Å². The Balaban J connectivity index is 0.00000300. The van der Waals surface area contributed by atoms with Crippen LogP contribution >= 0.6 is 35.1 Å². The minimum Gasteiger partial charge on any atom is -0.492 e. The zero-order valence-corrected chi connectivity index (χ0v) is 19.3. The molecule has 1 aromatic carbocycles. The van der Waals surface area contributed by atoms with Gasteiger partial charge in [0.2, 0.25) is 0 Å². The predicted octanol–water partition coefficient (Wildman–Crippen LogP) is 5.18.